The molecule has 0 amide bonds. The van der Waals surface area contributed by atoms with E-state index in [4.69, 9.17) is 9.79 Å². The van der Waals surface area contributed by atoms with Crippen molar-refractivity contribution in [2.75, 3.05) is 0 Å². The molecule has 0 bridgehead atoms. The Bertz CT molecular complexity index is 347. The lowest BCUT2D eigenvalue weighted by atomic mass is 10.2. The van der Waals surface area contributed by atoms with Crippen LogP contribution in [0.3, 0.4) is 0 Å². The molecule has 5 heteroatoms. The third-order valence-electron chi connectivity index (χ3n) is 1.86. The van der Waals surface area contributed by atoms with Crippen LogP contribution in [0.25, 0.3) is 0 Å². The topological polar surface area (TPSA) is 57.5 Å². The van der Waals surface area contributed by atoms with Crippen LogP contribution in [0.1, 0.15) is 18.1 Å². The summed E-state index contributed by atoms with van der Waals surface area (Å²) in [5.41, 5.74) is -0.126. The highest BCUT2D eigenvalue weighted by Crippen LogP contribution is 2.52. The van der Waals surface area contributed by atoms with Crippen LogP contribution in [0.5, 0.6) is 0 Å². The van der Waals surface area contributed by atoms with Crippen molar-refractivity contribution in [2.24, 2.45) is 0 Å². The van der Waals surface area contributed by atoms with Crippen LogP contribution in [0, 0.1) is 0 Å². The van der Waals surface area contributed by atoms with Gasteiger partial charge in [0.25, 0.3) is 0 Å². The molecule has 13 heavy (non-hydrogen) atoms. The average Bonchev–Trinajstić information content (AvgIpc) is 2.02. The van der Waals surface area contributed by atoms with Crippen LogP contribution in [0.2, 0.25) is 0 Å². The first-order valence-electron chi connectivity index (χ1n) is 3.72. The van der Waals surface area contributed by atoms with Crippen LogP contribution >= 0.6 is 23.5 Å². The summed E-state index contributed by atoms with van der Waals surface area (Å²) in [6, 6.07) is 7.03. The van der Waals surface area contributed by atoms with E-state index < -0.39 is 13.3 Å². The molecule has 0 unspecified atom stereocenters. The van der Waals surface area contributed by atoms with Crippen molar-refractivity contribution in [1.29, 1.82) is 0 Å². The quantitative estimate of drug-likeness (QED) is 0.808. The monoisotopic (exact) mass is 264 g/mol. The standard InChI is InChI=1S/C8H10BrO3P/c1-6(13(10,11)12)7-4-2-3-5-8(7)9/h2-6H,1H3,(H2,10,11,12)/t6-/m1/s1. The van der Waals surface area contributed by atoms with Crippen molar-refractivity contribution in [3.63, 3.8) is 0 Å². The Morgan fingerprint density at radius 1 is 1.38 bits per heavy atom. The summed E-state index contributed by atoms with van der Waals surface area (Å²) in [4.78, 5) is 17.9. The Morgan fingerprint density at radius 2 is 1.92 bits per heavy atom. The molecule has 0 fully saturated rings. The molecule has 0 heterocycles. The molecule has 0 aliphatic rings. The Hall–Kier alpha value is -0.150. The molecule has 3 nitrogen and oxygen atoms in total. The highest BCUT2D eigenvalue weighted by molar-refractivity contribution is 9.10. The van der Waals surface area contributed by atoms with E-state index in [0.29, 0.717) is 5.56 Å². The van der Waals surface area contributed by atoms with Crippen molar-refractivity contribution in [2.45, 2.75) is 12.6 Å². The van der Waals surface area contributed by atoms with Gasteiger partial charge in [-0.15, -0.1) is 0 Å². The van der Waals surface area contributed by atoms with Crippen molar-refractivity contribution < 1.29 is 14.4 Å². The maximum Gasteiger partial charge on any atom is 0.332 e. The fraction of sp³-hybridized carbons (Fsp3) is 0.250. The van der Waals surface area contributed by atoms with Crippen molar-refractivity contribution in [3.05, 3.63) is 34.3 Å². The molecule has 0 saturated carbocycles. The predicted octanol–water partition coefficient (Wildman–Crippen LogP) is 2.69. The van der Waals surface area contributed by atoms with Gasteiger partial charge in [-0.1, -0.05) is 34.1 Å². The Labute approximate surface area is 85.1 Å². The first kappa shape index (κ1) is 10.9. The smallest absolute Gasteiger partial charge is 0.324 e. The van der Waals surface area contributed by atoms with Gasteiger partial charge < -0.3 is 9.79 Å². The second-order valence-electron chi connectivity index (χ2n) is 2.79. The van der Waals surface area contributed by atoms with Gasteiger partial charge >= 0.3 is 7.60 Å². The summed E-state index contributed by atoms with van der Waals surface area (Å²) in [7, 11) is -4.04. The molecule has 2 N–H and O–H groups in total. The third kappa shape index (κ3) is 2.64. The predicted molar refractivity (Wildman–Crippen MR) is 54.6 cm³/mol. The normalized spacial score (nSPS) is 14.2. The van der Waals surface area contributed by atoms with E-state index in [2.05, 4.69) is 15.9 Å². The molecule has 0 aliphatic carbocycles. The highest BCUT2D eigenvalue weighted by Gasteiger charge is 2.26. The molecule has 0 spiro atoms. The van der Waals surface area contributed by atoms with E-state index in [1.165, 1.54) is 6.92 Å². The molecule has 1 aromatic rings. The Kier molecular flexibility index (Phi) is 3.30. The van der Waals surface area contributed by atoms with Crippen LogP contribution in [-0.2, 0) is 4.57 Å². The molecule has 0 aliphatic heterocycles. The maximum absolute atomic E-state index is 11.0. The Morgan fingerprint density at radius 3 is 2.38 bits per heavy atom. The van der Waals surface area contributed by atoms with E-state index >= 15 is 0 Å². The zero-order valence-electron chi connectivity index (χ0n) is 7.01. The highest BCUT2D eigenvalue weighted by atomic mass is 79.9. The van der Waals surface area contributed by atoms with Gasteiger partial charge in [0, 0.05) is 4.47 Å². The summed E-state index contributed by atoms with van der Waals surface area (Å²) in [5, 5.41) is 0. The van der Waals surface area contributed by atoms with Crippen LogP contribution in [0.4, 0.5) is 0 Å². The average molecular weight is 265 g/mol. The molecule has 0 aromatic heterocycles. The minimum atomic E-state index is -4.04. The molecule has 1 atom stereocenters. The number of rotatable bonds is 2. The molecule has 72 valence electrons. The zero-order valence-corrected chi connectivity index (χ0v) is 9.50. The van der Waals surface area contributed by atoms with Gasteiger partial charge in [-0.2, -0.15) is 0 Å². The number of hydrogen-bond donors (Lipinski definition) is 2. The molecule has 0 saturated heterocycles. The van der Waals surface area contributed by atoms with Crippen LogP contribution in [0.15, 0.2) is 28.7 Å². The summed E-state index contributed by atoms with van der Waals surface area (Å²) in [6.07, 6.45) is 0. The lowest BCUT2D eigenvalue weighted by molar-refractivity contribution is 0.361. The summed E-state index contributed by atoms with van der Waals surface area (Å²) in [6.45, 7) is 1.51. The van der Waals surface area contributed by atoms with Crippen LogP contribution in [-0.4, -0.2) is 9.79 Å². The number of benzene rings is 1. The fourth-order valence-corrected chi connectivity index (χ4v) is 2.39. The van der Waals surface area contributed by atoms with Crippen LogP contribution < -0.4 is 0 Å². The van der Waals surface area contributed by atoms with Gasteiger partial charge in [0.2, 0.25) is 0 Å². The molecular formula is C8H10BrO3P. The van der Waals surface area contributed by atoms with E-state index in [-0.39, 0.29) is 0 Å². The minimum Gasteiger partial charge on any atom is -0.324 e. The summed E-state index contributed by atoms with van der Waals surface area (Å²) < 4.78 is 11.7. The third-order valence-corrected chi connectivity index (χ3v) is 3.87. The summed E-state index contributed by atoms with van der Waals surface area (Å²) >= 11 is 3.25. The molecular weight excluding hydrogens is 255 g/mol. The van der Waals surface area contributed by atoms with Crippen molar-refractivity contribution in [1.82, 2.24) is 0 Å². The minimum absolute atomic E-state index is 0.635. The lowest BCUT2D eigenvalue weighted by Gasteiger charge is -2.14. The van der Waals surface area contributed by atoms with Gasteiger partial charge in [-0.25, -0.2) is 0 Å². The van der Waals surface area contributed by atoms with E-state index in [9.17, 15) is 4.57 Å². The maximum atomic E-state index is 11.0. The van der Waals surface area contributed by atoms with Gasteiger partial charge in [-0.05, 0) is 18.6 Å². The molecule has 1 aromatic carbocycles. The van der Waals surface area contributed by atoms with Gasteiger partial charge in [0.05, 0.1) is 5.66 Å². The van der Waals surface area contributed by atoms with Gasteiger partial charge in [0.15, 0.2) is 0 Å². The van der Waals surface area contributed by atoms with Gasteiger partial charge in [0.1, 0.15) is 0 Å². The van der Waals surface area contributed by atoms with E-state index in [0.717, 1.165) is 4.47 Å². The molecule has 1 rings (SSSR count). The summed E-state index contributed by atoms with van der Waals surface area (Å²) in [5.74, 6) is 0. The molecule has 0 radical (unpaired) electrons. The lowest BCUT2D eigenvalue weighted by Crippen LogP contribution is -1.95. The number of hydrogen-bond acceptors (Lipinski definition) is 1. The fourth-order valence-electron chi connectivity index (χ4n) is 0.995. The van der Waals surface area contributed by atoms with E-state index in [1.54, 1.807) is 24.3 Å². The van der Waals surface area contributed by atoms with Crippen molar-refractivity contribution in [3.8, 4) is 0 Å². The second kappa shape index (κ2) is 3.93. The second-order valence-corrected chi connectivity index (χ2v) is 5.59. The first-order chi connectivity index (χ1) is 5.93. The Balaban J connectivity index is 3.09. The SMILES string of the molecule is C[C@H](c1ccccc1Br)P(=O)(O)O. The van der Waals surface area contributed by atoms with E-state index in [1.807, 2.05) is 0 Å². The largest absolute Gasteiger partial charge is 0.332 e. The first-order valence-corrected chi connectivity index (χ1v) is 6.20. The number of halogens is 1. The van der Waals surface area contributed by atoms with Crippen molar-refractivity contribution >= 4 is 23.5 Å². The van der Waals surface area contributed by atoms with Gasteiger partial charge in [-0.3, -0.25) is 4.57 Å². The zero-order chi connectivity index (χ0) is 10.1.